The van der Waals surface area contributed by atoms with Gasteiger partial charge in [0.15, 0.2) is 6.10 Å². The van der Waals surface area contributed by atoms with Crippen molar-refractivity contribution in [2.45, 2.75) is 12.5 Å². The highest BCUT2D eigenvalue weighted by molar-refractivity contribution is 9.10. The second-order valence-electron chi connectivity index (χ2n) is 2.67. The molecule has 0 aliphatic carbocycles. The molecule has 3 heteroatoms. The molecule has 1 aliphatic heterocycles. The standard InChI is InChI=1S/C9H8BrNO/c10-8-3-1-7(2-4-8)9-5-6-11-12-9/h1-4,6,9H,5H2. The van der Waals surface area contributed by atoms with Crippen LogP contribution in [0, 0.1) is 0 Å². The summed E-state index contributed by atoms with van der Waals surface area (Å²) in [6.45, 7) is 0. The van der Waals surface area contributed by atoms with E-state index in [1.807, 2.05) is 24.3 Å². The van der Waals surface area contributed by atoms with Gasteiger partial charge in [-0.05, 0) is 17.7 Å². The van der Waals surface area contributed by atoms with E-state index in [9.17, 15) is 0 Å². The van der Waals surface area contributed by atoms with E-state index in [4.69, 9.17) is 4.84 Å². The zero-order valence-electron chi connectivity index (χ0n) is 6.40. The van der Waals surface area contributed by atoms with Crippen LogP contribution in [0.4, 0.5) is 0 Å². The van der Waals surface area contributed by atoms with Crippen LogP contribution < -0.4 is 0 Å². The molecule has 0 bridgehead atoms. The Balaban J connectivity index is 2.18. The van der Waals surface area contributed by atoms with E-state index in [2.05, 4.69) is 21.1 Å². The molecule has 0 N–H and O–H groups in total. The second kappa shape index (κ2) is 3.27. The maximum Gasteiger partial charge on any atom is 0.157 e. The van der Waals surface area contributed by atoms with Gasteiger partial charge in [-0.25, -0.2) is 0 Å². The van der Waals surface area contributed by atoms with Gasteiger partial charge in [0.2, 0.25) is 0 Å². The Morgan fingerprint density at radius 1 is 1.33 bits per heavy atom. The molecule has 0 aromatic heterocycles. The predicted molar refractivity (Wildman–Crippen MR) is 51.1 cm³/mol. The number of nitrogens with zero attached hydrogens (tertiary/aromatic N) is 1. The van der Waals surface area contributed by atoms with E-state index in [-0.39, 0.29) is 6.10 Å². The van der Waals surface area contributed by atoms with Crippen LogP contribution in [0.2, 0.25) is 0 Å². The molecule has 1 heterocycles. The maximum atomic E-state index is 5.13. The number of halogens is 1. The van der Waals surface area contributed by atoms with Crippen molar-refractivity contribution in [1.82, 2.24) is 0 Å². The zero-order chi connectivity index (χ0) is 8.39. The minimum Gasteiger partial charge on any atom is -0.388 e. The summed E-state index contributed by atoms with van der Waals surface area (Å²) < 4.78 is 1.09. The van der Waals surface area contributed by atoms with E-state index in [1.165, 1.54) is 5.56 Å². The van der Waals surface area contributed by atoms with Crippen LogP contribution in [-0.2, 0) is 4.84 Å². The minimum absolute atomic E-state index is 0.123. The lowest BCUT2D eigenvalue weighted by Crippen LogP contribution is -1.94. The smallest absolute Gasteiger partial charge is 0.157 e. The quantitative estimate of drug-likeness (QED) is 0.721. The van der Waals surface area contributed by atoms with Crippen LogP contribution in [0.15, 0.2) is 33.9 Å². The van der Waals surface area contributed by atoms with Gasteiger partial charge in [-0.3, -0.25) is 0 Å². The van der Waals surface area contributed by atoms with E-state index in [1.54, 1.807) is 6.21 Å². The molecule has 1 unspecified atom stereocenters. The Hall–Kier alpha value is -0.830. The van der Waals surface area contributed by atoms with Crippen molar-refractivity contribution in [2.24, 2.45) is 5.16 Å². The molecule has 2 nitrogen and oxygen atoms in total. The fourth-order valence-electron chi connectivity index (χ4n) is 1.17. The molecule has 0 saturated carbocycles. The first-order valence-corrected chi connectivity index (χ1v) is 4.58. The van der Waals surface area contributed by atoms with Crippen LogP contribution in [0.25, 0.3) is 0 Å². The van der Waals surface area contributed by atoms with E-state index in [0.717, 1.165) is 10.9 Å². The largest absolute Gasteiger partial charge is 0.388 e. The number of hydrogen-bond acceptors (Lipinski definition) is 2. The second-order valence-corrected chi connectivity index (χ2v) is 3.58. The lowest BCUT2D eigenvalue weighted by atomic mass is 10.1. The highest BCUT2D eigenvalue weighted by Gasteiger charge is 2.14. The van der Waals surface area contributed by atoms with Crippen molar-refractivity contribution < 1.29 is 4.84 Å². The molecule has 1 aromatic rings. The van der Waals surface area contributed by atoms with Gasteiger partial charge in [-0.2, -0.15) is 0 Å². The van der Waals surface area contributed by atoms with Crippen LogP contribution in [0.5, 0.6) is 0 Å². The van der Waals surface area contributed by atoms with Gasteiger partial charge in [-0.15, -0.1) is 0 Å². The highest BCUT2D eigenvalue weighted by atomic mass is 79.9. The van der Waals surface area contributed by atoms with Crippen molar-refractivity contribution in [3.05, 3.63) is 34.3 Å². The predicted octanol–water partition coefficient (Wildman–Crippen LogP) is 2.90. The SMILES string of the molecule is Brc1ccc(C2CC=NO2)cc1. The Bertz CT molecular complexity index is 286. The Morgan fingerprint density at radius 2 is 2.08 bits per heavy atom. The fourth-order valence-corrected chi connectivity index (χ4v) is 1.44. The first-order chi connectivity index (χ1) is 5.86. The molecule has 0 amide bonds. The highest BCUT2D eigenvalue weighted by Crippen LogP contribution is 2.25. The molecule has 0 radical (unpaired) electrons. The van der Waals surface area contributed by atoms with Crippen molar-refractivity contribution >= 4 is 22.1 Å². The lowest BCUT2D eigenvalue weighted by molar-refractivity contribution is 0.0858. The van der Waals surface area contributed by atoms with Gasteiger partial charge >= 0.3 is 0 Å². The van der Waals surface area contributed by atoms with Crippen LogP contribution in [0.3, 0.4) is 0 Å². The summed E-state index contributed by atoms with van der Waals surface area (Å²) in [5.41, 5.74) is 1.18. The van der Waals surface area contributed by atoms with Crippen LogP contribution in [0.1, 0.15) is 18.1 Å². The van der Waals surface area contributed by atoms with E-state index >= 15 is 0 Å². The Morgan fingerprint density at radius 3 is 2.67 bits per heavy atom. The van der Waals surface area contributed by atoms with Crippen molar-refractivity contribution in [3.8, 4) is 0 Å². The number of rotatable bonds is 1. The molecule has 2 rings (SSSR count). The van der Waals surface area contributed by atoms with E-state index < -0.39 is 0 Å². The number of oxime groups is 1. The molecule has 62 valence electrons. The average Bonchev–Trinajstić information content (AvgIpc) is 2.58. The third kappa shape index (κ3) is 1.50. The summed E-state index contributed by atoms with van der Waals surface area (Å²) in [6, 6.07) is 8.11. The molecule has 1 atom stereocenters. The molecule has 1 aliphatic rings. The fraction of sp³-hybridized carbons (Fsp3) is 0.222. The summed E-state index contributed by atoms with van der Waals surface area (Å²) in [7, 11) is 0. The van der Waals surface area contributed by atoms with Gasteiger partial charge in [0, 0.05) is 17.1 Å². The molecule has 0 fully saturated rings. The molecular weight excluding hydrogens is 218 g/mol. The number of benzene rings is 1. The normalized spacial score (nSPS) is 20.9. The monoisotopic (exact) mass is 225 g/mol. The van der Waals surface area contributed by atoms with Crippen LogP contribution >= 0.6 is 15.9 Å². The Kier molecular flexibility index (Phi) is 2.13. The first-order valence-electron chi connectivity index (χ1n) is 3.79. The van der Waals surface area contributed by atoms with Crippen molar-refractivity contribution in [3.63, 3.8) is 0 Å². The third-order valence-electron chi connectivity index (χ3n) is 1.82. The molecule has 12 heavy (non-hydrogen) atoms. The van der Waals surface area contributed by atoms with E-state index in [0.29, 0.717) is 0 Å². The summed E-state index contributed by atoms with van der Waals surface area (Å²) in [5, 5.41) is 3.73. The summed E-state index contributed by atoms with van der Waals surface area (Å²) in [5.74, 6) is 0. The molecular formula is C9H8BrNO. The molecule has 1 aromatic carbocycles. The first kappa shape index (κ1) is 7.80. The third-order valence-corrected chi connectivity index (χ3v) is 2.35. The van der Waals surface area contributed by atoms with Gasteiger partial charge in [0.25, 0.3) is 0 Å². The summed E-state index contributed by atoms with van der Waals surface area (Å²) >= 11 is 3.38. The topological polar surface area (TPSA) is 21.6 Å². The summed E-state index contributed by atoms with van der Waals surface area (Å²) in [4.78, 5) is 5.13. The van der Waals surface area contributed by atoms with Crippen LogP contribution in [-0.4, -0.2) is 6.21 Å². The van der Waals surface area contributed by atoms with Gasteiger partial charge in [0.05, 0.1) is 0 Å². The molecule has 0 spiro atoms. The lowest BCUT2D eigenvalue weighted by Gasteiger charge is -2.07. The Labute approximate surface area is 79.4 Å². The van der Waals surface area contributed by atoms with Gasteiger partial charge in [0.1, 0.15) is 0 Å². The van der Waals surface area contributed by atoms with Crippen molar-refractivity contribution in [2.75, 3.05) is 0 Å². The number of hydrogen-bond donors (Lipinski definition) is 0. The van der Waals surface area contributed by atoms with Crippen molar-refractivity contribution in [1.29, 1.82) is 0 Å². The average molecular weight is 226 g/mol. The maximum absolute atomic E-state index is 5.13. The van der Waals surface area contributed by atoms with Gasteiger partial charge in [-0.1, -0.05) is 33.2 Å². The minimum atomic E-state index is 0.123. The summed E-state index contributed by atoms with van der Waals surface area (Å²) in [6.07, 6.45) is 2.80. The zero-order valence-corrected chi connectivity index (χ0v) is 7.99. The molecule has 0 saturated heterocycles. The van der Waals surface area contributed by atoms with Gasteiger partial charge < -0.3 is 4.84 Å².